The van der Waals surface area contributed by atoms with Gasteiger partial charge in [-0.3, -0.25) is 0 Å². The highest BCUT2D eigenvalue weighted by Crippen LogP contribution is 2.34. The van der Waals surface area contributed by atoms with Crippen LogP contribution in [-0.4, -0.2) is 31.4 Å². The number of ether oxygens (including phenoxy) is 1. The van der Waals surface area contributed by atoms with Gasteiger partial charge in [0.15, 0.2) is 0 Å². The zero-order valence-electron chi connectivity index (χ0n) is 13.9. The molecule has 4 rings (SSSR count). The molecule has 1 aliphatic heterocycles. The van der Waals surface area contributed by atoms with Crippen LogP contribution < -0.4 is 4.74 Å². The number of aromatic nitrogens is 1. The van der Waals surface area contributed by atoms with Gasteiger partial charge in [-0.05, 0) is 48.4 Å². The molecule has 0 atom stereocenters. The second-order valence-electron chi connectivity index (χ2n) is 6.16. The first-order valence-corrected chi connectivity index (χ1v) is 9.84. The summed E-state index contributed by atoms with van der Waals surface area (Å²) in [6, 6.07) is 9.05. The highest BCUT2D eigenvalue weighted by atomic mass is 35.5. The molecule has 0 saturated heterocycles. The number of halogens is 2. The zero-order valence-corrected chi connectivity index (χ0v) is 15.5. The molecule has 2 heterocycles. The van der Waals surface area contributed by atoms with Crippen LogP contribution >= 0.6 is 11.6 Å². The lowest BCUT2D eigenvalue weighted by atomic mass is 10.0. The molecule has 0 aliphatic carbocycles. The lowest BCUT2D eigenvalue weighted by Gasteiger charge is -2.27. The van der Waals surface area contributed by atoms with Crippen LogP contribution in [-0.2, 0) is 23.0 Å². The number of aromatic amines is 1. The van der Waals surface area contributed by atoms with E-state index in [-0.39, 0.29) is 23.0 Å². The maximum absolute atomic E-state index is 13.5. The highest BCUT2D eigenvalue weighted by Gasteiger charge is 2.32. The molecule has 136 valence electrons. The summed E-state index contributed by atoms with van der Waals surface area (Å²) >= 11 is 5.99. The minimum Gasteiger partial charge on any atom is -0.495 e. The number of sulfonamides is 1. The molecule has 8 heteroatoms. The molecule has 2 aromatic carbocycles. The van der Waals surface area contributed by atoms with Gasteiger partial charge in [0, 0.05) is 28.2 Å². The summed E-state index contributed by atoms with van der Waals surface area (Å²) < 4.78 is 46.3. The van der Waals surface area contributed by atoms with Crippen molar-refractivity contribution in [3.8, 4) is 5.75 Å². The fourth-order valence-corrected chi connectivity index (χ4v) is 5.21. The largest absolute Gasteiger partial charge is 0.495 e. The van der Waals surface area contributed by atoms with Gasteiger partial charge in [0.2, 0.25) is 10.0 Å². The molecule has 3 aromatic rings. The van der Waals surface area contributed by atoms with Gasteiger partial charge in [-0.2, -0.15) is 4.31 Å². The number of nitrogens with zero attached hydrogens (tertiary/aromatic N) is 1. The Morgan fingerprint density at radius 1 is 1.23 bits per heavy atom. The van der Waals surface area contributed by atoms with Crippen LogP contribution in [0.5, 0.6) is 5.75 Å². The summed E-state index contributed by atoms with van der Waals surface area (Å²) in [4.78, 5) is 3.25. The first-order chi connectivity index (χ1) is 12.4. The van der Waals surface area contributed by atoms with Crippen molar-refractivity contribution < 1.29 is 17.5 Å². The standard InChI is InChI=1S/C18H16ClFN2O3S/c1-25-17-5-2-11(19)8-18(17)26(23,24)22-7-6-13-14-9-12(20)3-4-15(14)21-16(13)10-22/h2-5,8-9,21H,6-7,10H2,1H3. The first kappa shape index (κ1) is 17.3. The summed E-state index contributed by atoms with van der Waals surface area (Å²) in [5, 5.41) is 1.13. The number of fused-ring (bicyclic) bond motifs is 3. The van der Waals surface area contributed by atoms with Crippen LogP contribution in [0.25, 0.3) is 10.9 Å². The molecule has 26 heavy (non-hydrogen) atoms. The Balaban J connectivity index is 1.75. The van der Waals surface area contributed by atoms with Crippen molar-refractivity contribution in [2.45, 2.75) is 17.9 Å². The molecule has 5 nitrogen and oxygen atoms in total. The van der Waals surface area contributed by atoms with Crippen LogP contribution in [0.4, 0.5) is 4.39 Å². The summed E-state index contributed by atoms with van der Waals surface area (Å²) in [5.41, 5.74) is 2.54. The molecule has 1 aliphatic rings. The lowest BCUT2D eigenvalue weighted by molar-refractivity contribution is 0.376. The molecule has 0 radical (unpaired) electrons. The van der Waals surface area contributed by atoms with E-state index in [2.05, 4.69) is 4.98 Å². The summed E-state index contributed by atoms with van der Waals surface area (Å²) in [6.07, 6.45) is 0.501. The van der Waals surface area contributed by atoms with Crippen LogP contribution in [0.2, 0.25) is 5.02 Å². The Kier molecular flexibility index (Phi) is 4.17. The third kappa shape index (κ3) is 2.76. The Morgan fingerprint density at radius 2 is 2.04 bits per heavy atom. The van der Waals surface area contributed by atoms with Gasteiger partial charge in [0.25, 0.3) is 0 Å². The minimum absolute atomic E-state index is 0.0399. The van der Waals surface area contributed by atoms with Gasteiger partial charge in [-0.15, -0.1) is 0 Å². The predicted molar refractivity (Wildman–Crippen MR) is 97.6 cm³/mol. The molecule has 0 unspecified atom stereocenters. The molecule has 0 bridgehead atoms. The first-order valence-electron chi connectivity index (χ1n) is 8.03. The predicted octanol–water partition coefficient (Wildman–Crippen LogP) is 3.72. The van der Waals surface area contributed by atoms with E-state index in [0.717, 1.165) is 22.2 Å². The number of nitrogens with one attached hydrogen (secondary N) is 1. The maximum Gasteiger partial charge on any atom is 0.247 e. The van der Waals surface area contributed by atoms with Crippen molar-refractivity contribution in [2.24, 2.45) is 0 Å². The number of benzene rings is 2. The Bertz CT molecular complexity index is 1110. The fraction of sp³-hybridized carbons (Fsp3) is 0.222. The smallest absolute Gasteiger partial charge is 0.247 e. The van der Waals surface area contributed by atoms with Crippen LogP contribution in [0.1, 0.15) is 11.3 Å². The van der Waals surface area contributed by atoms with Gasteiger partial charge in [0.05, 0.1) is 13.7 Å². The molecule has 1 aromatic heterocycles. The average molecular weight is 395 g/mol. The van der Waals surface area contributed by atoms with E-state index in [1.165, 1.54) is 35.7 Å². The van der Waals surface area contributed by atoms with Gasteiger partial charge >= 0.3 is 0 Å². The summed E-state index contributed by atoms with van der Waals surface area (Å²) in [7, 11) is -2.37. The van der Waals surface area contributed by atoms with Crippen molar-refractivity contribution in [2.75, 3.05) is 13.7 Å². The summed E-state index contributed by atoms with van der Waals surface area (Å²) in [6.45, 7) is 0.484. The van der Waals surface area contributed by atoms with Crippen molar-refractivity contribution in [1.29, 1.82) is 0 Å². The quantitative estimate of drug-likeness (QED) is 0.736. The molecular formula is C18H16ClFN2O3S. The average Bonchev–Trinajstić information content (AvgIpc) is 2.98. The van der Waals surface area contributed by atoms with E-state index in [9.17, 15) is 12.8 Å². The highest BCUT2D eigenvalue weighted by molar-refractivity contribution is 7.89. The molecule has 0 spiro atoms. The van der Waals surface area contributed by atoms with Crippen molar-refractivity contribution in [1.82, 2.24) is 9.29 Å². The second kappa shape index (κ2) is 6.26. The topological polar surface area (TPSA) is 62.4 Å². The molecule has 0 saturated carbocycles. The van der Waals surface area contributed by atoms with Gasteiger partial charge in [0.1, 0.15) is 16.5 Å². The third-order valence-electron chi connectivity index (χ3n) is 4.65. The van der Waals surface area contributed by atoms with E-state index in [4.69, 9.17) is 16.3 Å². The fourth-order valence-electron chi connectivity index (χ4n) is 3.38. The Labute approximate surface area is 155 Å². The van der Waals surface area contributed by atoms with E-state index in [1.807, 2.05) is 0 Å². The molecule has 0 amide bonds. The van der Waals surface area contributed by atoms with E-state index >= 15 is 0 Å². The summed E-state index contributed by atoms with van der Waals surface area (Å²) in [5.74, 6) is -0.0584. The lowest BCUT2D eigenvalue weighted by Crippen LogP contribution is -2.36. The SMILES string of the molecule is COc1ccc(Cl)cc1S(=O)(=O)N1CCc2c([nH]c3ccc(F)cc23)C1. The number of methoxy groups -OCH3 is 1. The van der Waals surface area contributed by atoms with Gasteiger partial charge in [-0.25, -0.2) is 12.8 Å². The number of hydrogen-bond acceptors (Lipinski definition) is 3. The third-order valence-corrected chi connectivity index (χ3v) is 6.75. The van der Waals surface area contributed by atoms with E-state index in [1.54, 1.807) is 12.1 Å². The van der Waals surface area contributed by atoms with Crippen molar-refractivity contribution in [3.05, 3.63) is 58.5 Å². The van der Waals surface area contributed by atoms with Gasteiger partial charge < -0.3 is 9.72 Å². The number of rotatable bonds is 3. The molecule has 0 fully saturated rings. The Hall–Kier alpha value is -2.09. The second-order valence-corrected chi connectivity index (χ2v) is 8.50. The normalized spacial score (nSPS) is 15.2. The Morgan fingerprint density at radius 3 is 2.81 bits per heavy atom. The monoisotopic (exact) mass is 394 g/mol. The van der Waals surface area contributed by atoms with E-state index in [0.29, 0.717) is 18.0 Å². The van der Waals surface area contributed by atoms with Crippen LogP contribution in [0.3, 0.4) is 0 Å². The molecular weight excluding hydrogens is 379 g/mol. The zero-order chi connectivity index (χ0) is 18.5. The van der Waals surface area contributed by atoms with Crippen LogP contribution in [0.15, 0.2) is 41.3 Å². The van der Waals surface area contributed by atoms with Crippen molar-refractivity contribution in [3.63, 3.8) is 0 Å². The van der Waals surface area contributed by atoms with Crippen LogP contribution in [0, 0.1) is 5.82 Å². The van der Waals surface area contributed by atoms with E-state index < -0.39 is 10.0 Å². The number of H-pyrrole nitrogens is 1. The van der Waals surface area contributed by atoms with Gasteiger partial charge in [-0.1, -0.05) is 11.6 Å². The number of hydrogen-bond donors (Lipinski definition) is 1. The van der Waals surface area contributed by atoms with Crippen molar-refractivity contribution >= 4 is 32.5 Å². The minimum atomic E-state index is -3.79. The maximum atomic E-state index is 13.5. The molecule has 1 N–H and O–H groups in total.